The highest BCUT2D eigenvalue weighted by molar-refractivity contribution is 6.07. The van der Waals surface area contributed by atoms with Crippen molar-refractivity contribution in [1.29, 1.82) is 0 Å². The Morgan fingerprint density at radius 3 is 1.07 bits per heavy atom. The van der Waals surface area contributed by atoms with Gasteiger partial charge in [0.25, 0.3) is 0 Å². The molecular formula is C78H132N4O19. The van der Waals surface area contributed by atoms with Crippen molar-refractivity contribution in [3.05, 3.63) is 0 Å². The predicted molar refractivity (Wildman–Crippen MR) is 388 cm³/mol. The molecule has 1 N–H and O–H groups in total. The third kappa shape index (κ3) is 43.3. The summed E-state index contributed by atoms with van der Waals surface area (Å²) in [5, 5.41) is 2.71. The van der Waals surface area contributed by atoms with E-state index in [-0.39, 0.29) is 260 Å². The lowest BCUT2D eigenvalue weighted by Crippen LogP contribution is -2.37. The number of carbonyl (C=O) groups is 17. The molecule has 3 fully saturated rings. The van der Waals surface area contributed by atoms with Gasteiger partial charge in [-0.05, 0) is 36.5 Å². The first-order valence-electron chi connectivity index (χ1n) is 36.8. The number of amides is 7. The smallest absolute Gasteiger partial charge is 0.233 e. The Kier molecular flexibility index (Phi) is 51.3. The van der Waals surface area contributed by atoms with Gasteiger partial charge in [0.15, 0.2) is 11.6 Å². The van der Waals surface area contributed by atoms with Gasteiger partial charge in [-0.1, -0.05) is 173 Å². The van der Waals surface area contributed by atoms with Crippen molar-refractivity contribution >= 4 is 99.2 Å². The monoisotopic (exact) mass is 1430 g/mol. The lowest BCUT2D eigenvalue weighted by Gasteiger charge is -2.16. The molecule has 0 bridgehead atoms. The van der Waals surface area contributed by atoms with Gasteiger partial charge in [0, 0.05) is 143 Å². The fourth-order valence-electron chi connectivity index (χ4n) is 9.27. The van der Waals surface area contributed by atoms with Crippen LogP contribution < -0.4 is 5.32 Å². The second-order valence-electron chi connectivity index (χ2n) is 30.5. The number of nitrogens with one attached hydrogen (secondary N) is 1. The normalized spacial score (nSPS) is 15.9. The van der Waals surface area contributed by atoms with Crippen LogP contribution in [0.1, 0.15) is 256 Å². The van der Waals surface area contributed by atoms with E-state index in [4.69, 9.17) is 9.47 Å². The van der Waals surface area contributed by atoms with Crippen LogP contribution in [0.4, 0.5) is 0 Å². The average molecular weight is 1430 g/mol. The van der Waals surface area contributed by atoms with Crippen LogP contribution in [0.5, 0.6) is 0 Å². The number of ether oxygens (including phenoxy) is 2. The fourth-order valence-corrected chi connectivity index (χ4v) is 9.27. The summed E-state index contributed by atoms with van der Waals surface area (Å²) < 4.78 is 10.5. The lowest BCUT2D eigenvalue weighted by atomic mass is 9.94. The molecule has 101 heavy (non-hydrogen) atoms. The molecule has 3 saturated heterocycles. The van der Waals surface area contributed by atoms with Gasteiger partial charge in [-0.15, -0.1) is 0 Å². The minimum Gasteiger partial charge on any atom is -0.380 e. The number of Topliss-reactive ketones (excluding diaryl/α,β-unsaturated/α-hetero) is 10. The molecule has 3 unspecified atom stereocenters. The highest BCUT2D eigenvalue weighted by Gasteiger charge is 2.42. The third-order valence-corrected chi connectivity index (χ3v) is 17.2. The van der Waals surface area contributed by atoms with Crippen molar-refractivity contribution in [3.63, 3.8) is 0 Å². The summed E-state index contributed by atoms with van der Waals surface area (Å²) in [7, 11) is 0. The van der Waals surface area contributed by atoms with Gasteiger partial charge < -0.3 is 14.8 Å². The molecule has 0 saturated carbocycles. The van der Waals surface area contributed by atoms with Crippen molar-refractivity contribution in [2.45, 2.75) is 256 Å². The van der Waals surface area contributed by atoms with Crippen LogP contribution in [-0.4, -0.2) is 166 Å². The van der Waals surface area contributed by atoms with Crippen LogP contribution in [0.15, 0.2) is 0 Å². The molecule has 578 valence electrons. The molecule has 0 aromatic heterocycles. The number of hydrogen-bond acceptors (Lipinski definition) is 19. The Labute approximate surface area is 605 Å². The average Bonchev–Trinajstić information content (AvgIpc) is 1.70. The van der Waals surface area contributed by atoms with Crippen LogP contribution >= 0.6 is 0 Å². The van der Waals surface area contributed by atoms with Crippen LogP contribution in [0, 0.1) is 88.8 Å². The molecule has 0 spiro atoms. The van der Waals surface area contributed by atoms with Crippen molar-refractivity contribution in [2.24, 2.45) is 88.8 Å². The summed E-state index contributed by atoms with van der Waals surface area (Å²) in [5.74, 6) is -0.958. The van der Waals surface area contributed by atoms with Gasteiger partial charge in [0.05, 0.1) is 39.0 Å². The zero-order valence-corrected chi connectivity index (χ0v) is 66.3. The molecule has 3 heterocycles. The number of likely N-dealkylation sites (tertiary alicyclic amines) is 3. The van der Waals surface area contributed by atoms with Crippen molar-refractivity contribution in [3.8, 4) is 0 Å². The number of carbonyl (C=O) groups excluding carboxylic acids is 17. The third-order valence-electron chi connectivity index (χ3n) is 17.2. The van der Waals surface area contributed by atoms with E-state index in [1.807, 2.05) is 125 Å². The van der Waals surface area contributed by atoms with Crippen molar-refractivity contribution in [2.75, 3.05) is 52.6 Å². The number of rotatable bonds is 41. The quantitative estimate of drug-likeness (QED) is 0.0337. The largest absolute Gasteiger partial charge is 0.380 e. The maximum atomic E-state index is 12.1. The van der Waals surface area contributed by atoms with Gasteiger partial charge in [0.1, 0.15) is 52.9 Å². The van der Waals surface area contributed by atoms with Gasteiger partial charge in [-0.2, -0.15) is 0 Å². The molecule has 0 radical (unpaired) electrons. The Morgan fingerprint density at radius 2 is 0.703 bits per heavy atom. The van der Waals surface area contributed by atoms with E-state index in [1.165, 1.54) is 9.80 Å². The van der Waals surface area contributed by atoms with E-state index in [2.05, 4.69) is 19.2 Å². The highest BCUT2D eigenvalue weighted by Crippen LogP contribution is 2.29. The van der Waals surface area contributed by atoms with Gasteiger partial charge in [0.2, 0.25) is 41.4 Å². The number of nitrogens with zero attached hydrogens (tertiary/aromatic N) is 3. The molecule has 23 nitrogen and oxygen atoms in total. The molecule has 23 heteroatoms. The zero-order valence-electron chi connectivity index (χ0n) is 66.3. The topological polar surface area (TPSA) is 330 Å². The Morgan fingerprint density at radius 1 is 0.356 bits per heavy atom. The second kappa shape index (κ2) is 52.5. The molecule has 0 aromatic rings. The summed E-state index contributed by atoms with van der Waals surface area (Å²) in [6.45, 7) is 46.8. The predicted octanol–water partition coefficient (Wildman–Crippen LogP) is 11.0. The molecule has 3 rings (SSSR count). The Balaban J connectivity index is -0.00000117. The van der Waals surface area contributed by atoms with Crippen molar-refractivity contribution in [1.82, 2.24) is 20.0 Å². The van der Waals surface area contributed by atoms with E-state index in [0.717, 1.165) is 17.7 Å². The maximum Gasteiger partial charge on any atom is 0.233 e. The zero-order chi connectivity index (χ0) is 78.9. The SMILES string of the molecule is CC(C)C(=O)CC(=O)C(C)C.CC(C)C(=O)CC(=O)CCN1C(=O)CC(C(C)C)C1=O.CC(C)C(=O)CCCOCCNC(=O)CCN1C(=O)CC(C(C)C)C1=O.CC(C)C(=O)CCOCC(=O)C(C)C.CC(C)C(=O)CN1C(=O)CC(C(C)C)C1=O.CC(C)CCCC(=O)CC(=O)C(C)C. The van der Waals surface area contributed by atoms with E-state index >= 15 is 0 Å². The molecule has 0 aliphatic carbocycles. The summed E-state index contributed by atoms with van der Waals surface area (Å²) in [4.78, 5) is 200. The van der Waals surface area contributed by atoms with E-state index in [1.54, 1.807) is 27.7 Å². The molecule has 0 aromatic carbocycles. The molecule has 7 amide bonds. The van der Waals surface area contributed by atoms with Crippen LogP contribution in [-0.2, 0) is 91.0 Å². The number of hydrogen-bond donors (Lipinski definition) is 1. The number of ketones is 10. The summed E-state index contributed by atoms with van der Waals surface area (Å²) in [5.41, 5.74) is 0. The van der Waals surface area contributed by atoms with Gasteiger partial charge in [-0.25, -0.2) is 0 Å². The molecule has 3 aliphatic heterocycles. The highest BCUT2D eigenvalue weighted by atomic mass is 16.5. The summed E-state index contributed by atoms with van der Waals surface area (Å²) in [6, 6.07) is 0. The first-order chi connectivity index (χ1) is 46.6. The molecular weight excluding hydrogens is 1300 g/mol. The fraction of sp³-hybridized carbons (Fsp3) is 0.782. The maximum absolute atomic E-state index is 12.1. The van der Waals surface area contributed by atoms with Gasteiger partial charge >= 0.3 is 0 Å². The van der Waals surface area contributed by atoms with Crippen molar-refractivity contribution < 1.29 is 91.0 Å². The lowest BCUT2D eigenvalue weighted by molar-refractivity contribution is -0.144. The second-order valence-corrected chi connectivity index (χ2v) is 30.5. The Hall–Kier alpha value is -6.49. The first-order valence-corrected chi connectivity index (χ1v) is 36.8. The van der Waals surface area contributed by atoms with Crippen LogP contribution in [0.25, 0.3) is 0 Å². The summed E-state index contributed by atoms with van der Waals surface area (Å²) in [6.07, 6.45) is 5.19. The minimum atomic E-state index is -0.269. The molecule has 3 atom stereocenters. The Bertz CT molecular complexity index is 2680. The molecule has 3 aliphatic rings. The summed E-state index contributed by atoms with van der Waals surface area (Å²) >= 11 is 0. The van der Waals surface area contributed by atoms with E-state index in [9.17, 15) is 81.5 Å². The van der Waals surface area contributed by atoms with E-state index < -0.39 is 0 Å². The minimum absolute atomic E-state index is 0.0100. The van der Waals surface area contributed by atoms with E-state index in [0.29, 0.717) is 58.0 Å². The first kappa shape index (κ1) is 98.7. The van der Waals surface area contributed by atoms with Crippen LogP contribution in [0.3, 0.4) is 0 Å². The standard InChI is InChI=1S/C19H32N2O5.C15H23NO4.C12H19NO3.C12H22O2.C11H20O3.C9H16O2/c1-13(2)15-12-18(24)21(19(15)25)9-7-17(23)20-8-11-26-10-5-6-16(22)14(3)4;1-9(2)12-8-14(19)16(15(12)20)6-5-11(17)7-13(18)10(3)4;1-7(2)9-5-11(15)13(12(9)16)6-10(14)8(3)4;1-9(2)6-5-7-11(13)8-12(14)10(3)4;1-8(2)10(12)5-6-14-7-11(13)9(3)4;1-6(2)8(10)5-9(11)7(3)4/h13-15H,5-12H2,1-4H3,(H,20,23);9-10,12H,5-8H2,1-4H3;7-9H,5-6H2,1-4H3;9-10H,5-8H2,1-4H3;8-9H,5-7H2,1-4H3;6-7H,5H2,1-4H3. The van der Waals surface area contributed by atoms with Gasteiger partial charge in [-0.3, -0.25) is 96.2 Å². The number of imide groups is 3. The van der Waals surface area contributed by atoms with Crippen LogP contribution in [0.2, 0.25) is 0 Å².